The maximum absolute atomic E-state index is 14.6. The van der Waals surface area contributed by atoms with E-state index in [1.807, 2.05) is 0 Å². The molecule has 2 aromatic carbocycles. The van der Waals surface area contributed by atoms with E-state index < -0.39 is 68.8 Å². The lowest BCUT2D eigenvalue weighted by Crippen LogP contribution is -2.11. The summed E-state index contributed by atoms with van der Waals surface area (Å²) in [5, 5.41) is 0. The minimum atomic E-state index is -2.16. The van der Waals surface area contributed by atoms with Crippen LogP contribution in [0.3, 0.4) is 0 Å². The highest BCUT2D eigenvalue weighted by Crippen LogP contribution is 2.42. The van der Waals surface area contributed by atoms with Gasteiger partial charge in [0.2, 0.25) is 0 Å². The van der Waals surface area contributed by atoms with Crippen molar-refractivity contribution in [3.63, 3.8) is 0 Å². The maximum Gasteiger partial charge on any atom is 0.170 e. The fraction of sp³-hybridized carbons (Fsp3) is 0.0909. The quantitative estimate of drug-likeness (QED) is 0.361. The summed E-state index contributed by atoms with van der Waals surface area (Å²) in [6.45, 7) is 0. The Morgan fingerprint density at radius 3 is 0.900 bits per heavy atom. The van der Waals surface area contributed by atoms with Gasteiger partial charge in [-0.05, 0) is 24.0 Å². The summed E-state index contributed by atoms with van der Waals surface area (Å²) < 4.78 is 117. The first kappa shape index (κ1) is 20.1. The Bertz CT molecular complexity index is 1060. The number of benzene rings is 2. The second kappa shape index (κ2) is 7.27. The van der Waals surface area contributed by atoms with E-state index in [0.717, 1.165) is 0 Å². The molecule has 0 N–H and O–H groups in total. The van der Waals surface area contributed by atoms with E-state index in [2.05, 4.69) is 0 Å². The number of rotatable bonds is 3. The molecule has 0 radical (unpaired) electrons. The van der Waals surface area contributed by atoms with Crippen LogP contribution in [0.2, 0.25) is 0 Å². The standard InChI is InChI=1S/C22H10F8/c23-15-11(9-5-1-2-6-9)16(24)20(28)13(19(15)27)14-21(29)17(25)12(18(26)22(14)30)10-7-3-4-8-10/h1-5,7H,6,8H2. The average Bonchev–Trinajstić information content (AvgIpc) is 3.42. The fourth-order valence-electron chi connectivity index (χ4n) is 3.53. The van der Waals surface area contributed by atoms with Crippen molar-refractivity contribution in [2.45, 2.75) is 12.8 Å². The third-order valence-electron chi connectivity index (χ3n) is 4.96. The van der Waals surface area contributed by atoms with Gasteiger partial charge in [-0.1, -0.05) is 36.5 Å². The first-order valence-corrected chi connectivity index (χ1v) is 8.70. The summed E-state index contributed by atoms with van der Waals surface area (Å²) in [6, 6.07) is 0. The van der Waals surface area contributed by atoms with Crippen molar-refractivity contribution >= 4 is 11.1 Å². The smallest absolute Gasteiger partial charge is 0.170 e. The Hall–Kier alpha value is -3.16. The van der Waals surface area contributed by atoms with Gasteiger partial charge in [-0.3, -0.25) is 0 Å². The van der Waals surface area contributed by atoms with Gasteiger partial charge in [-0.2, -0.15) is 0 Å². The highest BCUT2D eigenvalue weighted by atomic mass is 19.2. The van der Waals surface area contributed by atoms with Crippen molar-refractivity contribution in [1.82, 2.24) is 0 Å². The van der Waals surface area contributed by atoms with Crippen LogP contribution in [-0.2, 0) is 0 Å². The van der Waals surface area contributed by atoms with E-state index >= 15 is 0 Å². The Morgan fingerprint density at radius 2 is 0.667 bits per heavy atom. The van der Waals surface area contributed by atoms with Crippen LogP contribution in [0, 0.1) is 46.5 Å². The van der Waals surface area contributed by atoms with E-state index in [9.17, 15) is 35.1 Å². The zero-order chi connectivity index (χ0) is 21.7. The van der Waals surface area contributed by atoms with Gasteiger partial charge in [0.25, 0.3) is 0 Å². The first-order chi connectivity index (χ1) is 14.3. The van der Waals surface area contributed by atoms with Gasteiger partial charge in [-0.15, -0.1) is 0 Å². The molecule has 4 rings (SSSR count). The van der Waals surface area contributed by atoms with Gasteiger partial charge in [0.15, 0.2) is 46.5 Å². The maximum atomic E-state index is 14.6. The van der Waals surface area contributed by atoms with Crippen LogP contribution in [0.4, 0.5) is 35.1 Å². The van der Waals surface area contributed by atoms with Crippen LogP contribution in [-0.4, -0.2) is 0 Å². The molecule has 0 heterocycles. The van der Waals surface area contributed by atoms with Crippen LogP contribution >= 0.6 is 0 Å². The first-order valence-electron chi connectivity index (χ1n) is 8.70. The molecule has 0 nitrogen and oxygen atoms in total. The molecule has 8 heteroatoms. The molecule has 0 amide bonds. The lowest BCUT2D eigenvalue weighted by atomic mass is 9.93. The second-order valence-electron chi connectivity index (χ2n) is 6.66. The Morgan fingerprint density at radius 1 is 0.400 bits per heavy atom. The van der Waals surface area contributed by atoms with E-state index in [1.54, 1.807) is 0 Å². The van der Waals surface area contributed by atoms with E-state index in [4.69, 9.17) is 0 Å². The van der Waals surface area contributed by atoms with Gasteiger partial charge < -0.3 is 0 Å². The molecule has 0 aromatic heterocycles. The van der Waals surface area contributed by atoms with Crippen molar-refractivity contribution in [1.29, 1.82) is 0 Å². The van der Waals surface area contributed by atoms with Crippen LogP contribution in [0.5, 0.6) is 0 Å². The van der Waals surface area contributed by atoms with Gasteiger partial charge >= 0.3 is 0 Å². The van der Waals surface area contributed by atoms with Crippen LogP contribution in [0.15, 0.2) is 36.5 Å². The van der Waals surface area contributed by atoms with E-state index in [1.165, 1.54) is 36.5 Å². The highest BCUT2D eigenvalue weighted by Gasteiger charge is 2.35. The Labute approximate surface area is 165 Å². The monoisotopic (exact) mass is 426 g/mol. The average molecular weight is 426 g/mol. The molecular formula is C22H10F8. The molecule has 30 heavy (non-hydrogen) atoms. The number of hydrogen-bond acceptors (Lipinski definition) is 0. The molecule has 0 spiro atoms. The van der Waals surface area contributed by atoms with Crippen molar-refractivity contribution in [3.8, 4) is 11.1 Å². The second-order valence-corrected chi connectivity index (χ2v) is 6.66. The third-order valence-corrected chi connectivity index (χ3v) is 4.96. The molecular weight excluding hydrogens is 416 g/mol. The van der Waals surface area contributed by atoms with Crippen molar-refractivity contribution < 1.29 is 35.1 Å². The SMILES string of the molecule is Fc1c(F)c(-c2c(F)c(F)c(C3=CC=CC3)c(F)c2F)c(F)c(F)c1C1=CC=CC1. The number of hydrogen-bond donors (Lipinski definition) is 0. The molecule has 0 unspecified atom stereocenters. The predicted octanol–water partition coefficient (Wildman–Crippen LogP) is 7.15. The number of allylic oxidation sites excluding steroid dienone is 8. The van der Waals surface area contributed by atoms with Gasteiger partial charge in [-0.25, -0.2) is 35.1 Å². The minimum absolute atomic E-state index is 0.0319. The summed E-state index contributed by atoms with van der Waals surface area (Å²) in [5.41, 5.74) is -6.05. The minimum Gasteiger partial charge on any atom is -0.203 e. The van der Waals surface area contributed by atoms with Crippen molar-refractivity contribution in [2.24, 2.45) is 0 Å². The molecule has 0 atom stereocenters. The van der Waals surface area contributed by atoms with Gasteiger partial charge in [0, 0.05) is 0 Å². The molecule has 0 saturated heterocycles. The van der Waals surface area contributed by atoms with E-state index in [0.29, 0.717) is 0 Å². The summed E-state index contributed by atoms with van der Waals surface area (Å²) >= 11 is 0. The topological polar surface area (TPSA) is 0 Å². The third kappa shape index (κ3) is 2.81. The number of halogens is 8. The molecule has 2 aliphatic carbocycles. The van der Waals surface area contributed by atoms with Crippen molar-refractivity contribution in [2.75, 3.05) is 0 Å². The Balaban J connectivity index is 2.00. The predicted molar refractivity (Wildman–Crippen MR) is 95.0 cm³/mol. The lowest BCUT2D eigenvalue weighted by Gasteiger charge is -2.16. The zero-order valence-corrected chi connectivity index (χ0v) is 14.9. The normalized spacial score (nSPS) is 15.2. The highest BCUT2D eigenvalue weighted by molar-refractivity contribution is 5.78. The van der Waals surface area contributed by atoms with Gasteiger partial charge in [0.05, 0.1) is 22.3 Å². The van der Waals surface area contributed by atoms with Crippen molar-refractivity contribution in [3.05, 3.63) is 94.1 Å². The van der Waals surface area contributed by atoms with Crippen LogP contribution in [0.1, 0.15) is 24.0 Å². The molecule has 2 aliphatic rings. The molecule has 0 fully saturated rings. The largest absolute Gasteiger partial charge is 0.203 e. The van der Waals surface area contributed by atoms with Crippen LogP contribution in [0.25, 0.3) is 22.3 Å². The molecule has 2 aromatic rings. The molecule has 0 aliphatic heterocycles. The van der Waals surface area contributed by atoms with Gasteiger partial charge in [0.1, 0.15) is 0 Å². The van der Waals surface area contributed by atoms with E-state index in [-0.39, 0.29) is 24.0 Å². The fourth-order valence-corrected chi connectivity index (χ4v) is 3.53. The summed E-state index contributed by atoms with van der Waals surface area (Å²) in [6.07, 6.45) is 8.07. The summed E-state index contributed by atoms with van der Waals surface area (Å²) in [4.78, 5) is 0. The Kier molecular flexibility index (Phi) is 4.88. The van der Waals surface area contributed by atoms with Crippen LogP contribution < -0.4 is 0 Å². The lowest BCUT2D eigenvalue weighted by molar-refractivity contribution is 0.438. The molecule has 0 bridgehead atoms. The summed E-state index contributed by atoms with van der Waals surface area (Å²) in [5.74, 6) is -16.4. The molecule has 154 valence electrons. The summed E-state index contributed by atoms with van der Waals surface area (Å²) in [7, 11) is 0. The zero-order valence-electron chi connectivity index (χ0n) is 14.9. The molecule has 0 saturated carbocycles.